The summed E-state index contributed by atoms with van der Waals surface area (Å²) < 4.78 is 4.94. The van der Waals surface area contributed by atoms with E-state index in [1.165, 1.54) is 11.1 Å². The van der Waals surface area contributed by atoms with E-state index in [1.54, 1.807) is 19.4 Å². The number of nitrogens with zero attached hydrogens (tertiary/aromatic N) is 1. The lowest BCUT2D eigenvalue weighted by Crippen LogP contribution is -2.26. The minimum absolute atomic E-state index is 0.168. The first kappa shape index (κ1) is 17.0. The molecule has 2 rings (SSSR count). The normalized spacial score (nSPS) is 10.4. The summed E-state index contributed by atoms with van der Waals surface area (Å²) in [7, 11) is 1.64. The van der Waals surface area contributed by atoms with Crippen LogP contribution in [-0.2, 0) is 4.74 Å². The van der Waals surface area contributed by atoms with Crippen molar-refractivity contribution in [2.24, 2.45) is 0 Å². The van der Waals surface area contributed by atoms with Crippen molar-refractivity contribution in [1.82, 2.24) is 10.3 Å². The second-order valence-corrected chi connectivity index (χ2v) is 5.54. The van der Waals surface area contributed by atoms with E-state index in [1.807, 2.05) is 6.07 Å². The van der Waals surface area contributed by atoms with Crippen molar-refractivity contribution < 1.29 is 9.53 Å². The van der Waals surface area contributed by atoms with E-state index < -0.39 is 0 Å². The number of carbonyl (C=O) groups is 1. The number of hydrogen-bond donors (Lipinski definition) is 2. The minimum atomic E-state index is -0.168. The quantitative estimate of drug-likeness (QED) is 0.771. The Balaban J connectivity index is 1.95. The molecule has 0 bridgehead atoms. The van der Waals surface area contributed by atoms with Crippen molar-refractivity contribution in [2.75, 3.05) is 25.6 Å². The summed E-state index contributed by atoms with van der Waals surface area (Å²) in [5.74, 6) is -0.168. The third-order valence-electron chi connectivity index (χ3n) is 3.32. The highest BCUT2D eigenvalue weighted by Crippen LogP contribution is 2.19. The van der Waals surface area contributed by atoms with E-state index in [2.05, 4.69) is 47.7 Å². The Bertz CT molecular complexity index is 634. The zero-order chi connectivity index (χ0) is 16.7. The molecule has 5 nitrogen and oxygen atoms in total. The number of methoxy groups -OCH3 is 1. The van der Waals surface area contributed by atoms with Crippen LogP contribution in [0.2, 0.25) is 0 Å². The van der Waals surface area contributed by atoms with E-state index in [-0.39, 0.29) is 5.91 Å². The van der Waals surface area contributed by atoms with Crippen molar-refractivity contribution in [1.29, 1.82) is 0 Å². The van der Waals surface area contributed by atoms with Crippen LogP contribution in [0.3, 0.4) is 0 Å². The summed E-state index contributed by atoms with van der Waals surface area (Å²) >= 11 is 0. The molecule has 23 heavy (non-hydrogen) atoms. The maximum absolute atomic E-state index is 11.9. The molecule has 1 aromatic heterocycles. The van der Waals surface area contributed by atoms with Crippen molar-refractivity contribution in [3.63, 3.8) is 0 Å². The summed E-state index contributed by atoms with van der Waals surface area (Å²) in [6, 6.07) is 9.85. The molecule has 0 aliphatic rings. The molecule has 122 valence electrons. The molecule has 0 spiro atoms. The predicted octanol–water partition coefficient (Wildman–Crippen LogP) is 3.21. The van der Waals surface area contributed by atoms with Gasteiger partial charge in [-0.05, 0) is 55.7 Å². The van der Waals surface area contributed by atoms with Crippen LogP contribution in [0.4, 0.5) is 11.4 Å². The fourth-order valence-corrected chi connectivity index (χ4v) is 2.32. The van der Waals surface area contributed by atoms with Crippen LogP contribution in [0.15, 0.2) is 36.5 Å². The molecule has 0 aliphatic heterocycles. The van der Waals surface area contributed by atoms with Gasteiger partial charge in [-0.1, -0.05) is 6.07 Å². The van der Waals surface area contributed by atoms with E-state index in [0.29, 0.717) is 18.8 Å². The average Bonchev–Trinajstić information content (AvgIpc) is 2.51. The summed E-state index contributed by atoms with van der Waals surface area (Å²) in [4.78, 5) is 16.1. The molecule has 0 atom stereocenters. The third kappa shape index (κ3) is 5.38. The van der Waals surface area contributed by atoms with Crippen molar-refractivity contribution in [3.8, 4) is 0 Å². The minimum Gasteiger partial charge on any atom is -0.385 e. The number of amides is 1. The van der Waals surface area contributed by atoms with Crippen molar-refractivity contribution >= 4 is 17.3 Å². The fraction of sp³-hybridized carbons (Fsp3) is 0.333. The van der Waals surface area contributed by atoms with Gasteiger partial charge in [0.2, 0.25) is 0 Å². The lowest BCUT2D eigenvalue weighted by atomic mass is 10.1. The van der Waals surface area contributed by atoms with Gasteiger partial charge in [0.05, 0.1) is 11.9 Å². The average molecular weight is 313 g/mol. The highest BCUT2D eigenvalue weighted by Gasteiger charge is 2.06. The van der Waals surface area contributed by atoms with E-state index in [0.717, 1.165) is 17.8 Å². The fourth-order valence-electron chi connectivity index (χ4n) is 2.32. The van der Waals surface area contributed by atoms with Gasteiger partial charge in [0.1, 0.15) is 5.69 Å². The number of hydrogen-bond acceptors (Lipinski definition) is 4. The van der Waals surface area contributed by atoms with Crippen LogP contribution >= 0.6 is 0 Å². The molecule has 0 saturated heterocycles. The molecule has 0 saturated carbocycles. The standard InChI is InChI=1S/C18H23N3O2/c1-13-9-14(2)11-16(10-13)21-15-5-6-17(20-12-15)18(22)19-7-4-8-23-3/h5-6,9-12,21H,4,7-8H2,1-3H3,(H,19,22). The number of pyridine rings is 1. The highest BCUT2D eigenvalue weighted by molar-refractivity contribution is 5.92. The first-order valence-electron chi connectivity index (χ1n) is 7.67. The molecule has 0 aliphatic carbocycles. The Labute approximate surface area is 137 Å². The number of rotatable bonds is 7. The zero-order valence-electron chi connectivity index (χ0n) is 13.8. The van der Waals surface area contributed by atoms with Gasteiger partial charge in [-0.25, -0.2) is 4.98 Å². The molecule has 0 radical (unpaired) electrons. The molecule has 0 fully saturated rings. The van der Waals surface area contributed by atoms with Crippen LogP contribution in [0.5, 0.6) is 0 Å². The third-order valence-corrected chi connectivity index (χ3v) is 3.32. The van der Waals surface area contributed by atoms with Gasteiger partial charge in [0.25, 0.3) is 5.91 Å². The molecule has 1 heterocycles. The second-order valence-electron chi connectivity index (χ2n) is 5.54. The molecule has 2 aromatic rings. The van der Waals surface area contributed by atoms with Gasteiger partial charge in [-0.2, -0.15) is 0 Å². The van der Waals surface area contributed by atoms with Crippen LogP contribution in [-0.4, -0.2) is 31.2 Å². The summed E-state index contributed by atoms with van der Waals surface area (Å²) in [6.07, 6.45) is 2.45. The Morgan fingerprint density at radius 3 is 2.48 bits per heavy atom. The Kier molecular flexibility index (Phi) is 6.11. The topological polar surface area (TPSA) is 63.2 Å². The molecule has 1 amide bonds. The van der Waals surface area contributed by atoms with E-state index in [9.17, 15) is 4.79 Å². The van der Waals surface area contributed by atoms with Crippen LogP contribution in [0.25, 0.3) is 0 Å². The van der Waals surface area contributed by atoms with Gasteiger partial charge in [0.15, 0.2) is 0 Å². The van der Waals surface area contributed by atoms with Crippen LogP contribution in [0.1, 0.15) is 28.0 Å². The van der Waals surface area contributed by atoms with Gasteiger partial charge in [-0.15, -0.1) is 0 Å². The molecular weight excluding hydrogens is 290 g/mol. The molecule has 1 aromatic carbocycles. The Morgan fingerprint density at radius 1 is 1.13 bits per heavy atom. The van der Waals surface area contributed by atoms with Gasteiger partial charge >= 0.3 is 0 Å². The lowest BCUT2D eigenvalue weighted by Gasteiger charge is -2.09. The van der Waals surface area contributed by atoms with Crippen molar-refractivity contribution in [2.45, 2.75) is 20.3 Å². The number of anilines is 2. The largest absolute Gasteiger partial charge is 0.385 e. The molecule has 5 heteroatoms. The lowest BCUT2D eigenvalue weighted by molar-refractivity contribution is 0.0943. The van der Waals surface area contributed by atoms with Crippen molar-refractivity contribution in [3.05, 3.63) is 53.3 Å². The van der Waals surface area contributed by atoms with Gasteiger partial charge in [0, 0.05) is 25.9 Å². The highest BCUT2D eigenvalue weighted by atomic mass is 16.5. The maximum Gasteiger partial charge on any atom is 0.269 e. The number of aryl methyl sites for hydroxylation is 2. The predicted molar refractivity (Wildman–Crippen MR) is 92.3 cm³/mol. The number of benzene rings is 1. The summed E-state index contributed by atoms with van der Waals surface area (Å²) in [5.41, 5.74) is 4.68. The van der Waals surface area contributed by atoms with E-state index >= 15 is 0 Å². The van der Waals surface area contributed by atoms with Gasteiger partial charge in [-0.3, -0.25) is 4.79 Å². The summed E-state index contributed by atoms with van der Waals surface area (Å²) in [5, 5.41) is 6.12. The summed E-state index contributed by atoms with van der Waals surface area (Å²) in [6.45, 7) is 5.34. The zero-order valence-corrected chi connectivity index (χ0v) is 13.8. The number of nitrogens with one attached hydrogen (secondary N) is 2. The Morgan fingerprint density at radius 2 is 1.87 bits per heavy atom. The maximum atomic E-state index is 11.9. The second kappa shape index (κ2) is 8.29. The molecular formula is C18H23N3O2. The first-order valence-corrected chi connectivity index (χ1v) is 7.67. The smallest absolute Gasteiger partial charge is 0.269 e. The molecule has 0 unspecified atom stereocenters. The first-order chi connectivity index (χ1) is 11.1. The van der Waals surface area contributed by atoms with E-state index in [4.69, 9.17) is 4.74 Å². The van der Waals surface area contributed by atoms with Crippen LogP contribution < -0.4 is 10.6 Å². The number of ether oxygens (including phenoxy) is 1. The molecule has 2 N–H and O–H groups in total. The van der Waals surface area contributed by atoms with Crippen LogP contribution in [0, 0.1) is 13.8 Å². The number of aromatic nitrogens is 1. The number of carbonyl (C=O) groups excluding carboxylic acids is 1. The Hall–Kier alpha value is -2.40. The van der Waals surface area contributed by atoms with Gasteiger partial charge < -0.3 is 15.4 Å². The monoisotopic (exact) mass is 313 g/mol. The SMILES string of the molecule is COCCCNC(=O)c1ccc(Nc2cc(C)cc(C)c2)cn1.